The Morgan fingerprint density at radius 2 is 2.35 bits per heavy atom. The van der Waals surface area contributed by atoms with Crippen LogP contribution < -0.4 is 4.74 Å². The van der Waals surface area contributed by atoms with Crippen LogP contribution in [0.2, 0.25) is 0 Å². The standard InChI is InChI=1S/C14H20O3/c1-10-3-4-14(13(7-10)11(2)15)17-9-12-5-6-16-8-12/h3-4,7,11-12,15H,5-6,8-9H2,1-2H3/t11-,12?/m1/s1. The Morgan fingerprint density at radius 3 is 3.00 bits per heavy atom. The zero-order chi connectivity index (χ0) is 12.3. The molecule has 0 spiro atoms. The molecule has 2 atom stereocenters. The Bertz CT molecular complexity index is 368. The number of rotatable bonds is 4. The van der Waals surface area contributed by atoms with Gasteiger partial charge in [0.1, 0.15) is 5.75 Å². The summed E-state index contributed by atoms with van der Waals surface area (Å²) in [5.74, 6) is 1.27. The number of hydrogen-bond donors (Lipinski definition) is 1. The van der Waals surface area contributed by atoms with Crippen molar-refractivity contribution in [1.82, 2.24) is 0 Å². The summed E-state index contributed by atoms with van der Waals surface area (Å²) in [5, 5.41) is 9.72. The van der Waals surface area contributed by atoms with Crippen molar-refractivity contribution < 1.29 is 14.6 Å². The monoisotopic (exact) mass is 236 g/mol. The van der Waals surface area contributed by atoms with Crippen LogP contribution >= 0.6 is 0 Å². The van der Waals surface area contributed by atoms with Crippen LogP contribution in [-0.4, -0.2) is 24.9 Å². The van der Waals surface area contributed by atoms with E-state index in [9.17, 15) is 5.11 Å². The van der Waals surface area contributed by atoms with Crippen molar-refractivity contribution in [3.8, 4) is 5.75 Å². The van der Waals surface area contributed by atoms with E-state index < -0.39 is 6.10 Å². The first-order chi connectivity index (χ1) is 8.16. The molecule has 1 unspecified atom stereocenters. The minimum absolute atomic E-state index is 0.484. The van der Waals surface area contributed by atoms with Crippen molar-refractivity contribution in [3.63, 3.8) is 0 Å². The molecule has 0 saturated carbocycles. The molecule has 1 aromatic rings. The lowest BCUT2D eigenvalue weighted by Crippen LogP contribution is -2.13. The maximum absolute atomic E-state index is 9.72. The van der Waals surface area contributed by atoms with Gasteiger partial charge in [0.15, 0.2) is 0 Å². The molecule has 1 aliphatic rings. The van der Waals surface area contributed by atoms with Gasteiger partial charge in [-0.2, -0.15) is 0 Å². The second-order valence-electron chi connectivity index (χ2n) is 4.76. The lowest BCUT2D eigenvalue weighted by molar-refractivity contribution is 0.162. The first kappa shape index (κ1) is 12.4. The number of aryl methyl sites for hydroxylation is 1. The summed E-state index contributed by atoms with van der Waals surface area (Å²) in [6.07, 6.45) is 0.570. The zero-order valence-electron chi connectivity index (χ0n) is 10.5. The molecule has 0 amide bonds. The maximum Gasteiger partial charge on any atom is 0.125 e. The molecule has 3 heteroatoms. The highest BCUT2D eigenvalue weighted by Gasteiger charge is 2.17. The van der Waals surface area contributed by atoms with Crippen LogP contribution in [0.3, 0.4) is 0 Å². The Hall–Kier alpha value is -1.06. The van der Waals surface area contributed by atoms with Crippen molar-refractivity contribution in [2.45, 2.75) is 26.4 Å². The van der Waals surface area contributed by atoms with Crippen molar-refractivity contribution in [3.05, 3.63) is 29.3 Å². The molecule has 0 bridgehead atoms. The van der Waals surface area contributed by atoms with Gasteiger partial charge in [0, 0.05) is 18.1 Å². The van der Waals surface area contributed by atoms with Gasteiger partial charge < -0.3 is 14.6 Å². The Morgan fingerprint density at radius 1 is 1.53 bits per heavy atom. The molecule has 3 nitrogen and oxygen atoms in total. The van der Waals surface area contributed by atoms with Crippen molar-refractivity contribution in [2.75, 3.05) is 19.8 Å². The SMILES string of the molecule is Cc1ccc(OCC2CCOC2)c([C@@H](C)O)c1. The molecule has 1 heterocycles. The van der Waals surface area contributed by atoms with Gasteiger partial charge in [-0.3, -0.25) is 0 Å². The summed E-state index contributed by atoms with van der Waals surface area (Å²) in [6, 6.07) is 5.92. The van der Waals surface area contributed by atoms with Gasteiger partial charge in [-0.1, -0.05) is 11.6 Å². The molecule has 1 saturated heterocycles. The maximum atomic E-state index is 9.72. The second-order valence-corrected chi connectivity index (χ2v) is 4.76. The quantitative estimate of drug-likeness (QED) is 0.872. The molecule has 0 aliphatic carbocycles. The molecular weight excluding hydrogens is 216 g/mol. The van der Waals surface area contributed by atoms with Gasteiger partial charge in [0.25, 0.3) is 0 Å². The highest BCUT2D eigenvalue weighted by Crippen LogP contribution is 2.27. The van der Waals surface area contributed by atoms with E-state index >= 15 is 0 Å². The topological polar surface area (TPSA) is 38.7 Å². The van der Waals surface area contributed by atoms with Gasteiger partial charge in [-0.15, -0.1) is 0 Å². The van der Waals surface area contributed by atoms with Crippen molar-refractivity contribution >= 4 is 0 Å². The molecule has 1 aromatic carbocycles. The summed E-state index contributed by atoms with van der Waals surface area (Å²) >= 11 is 0. The molecule has 0 radical (unpaired) electrons. The van der Waals surface area contributed by atoms with Crippen molar-refractivity contribution in [1.29, 1.82) is 0 Å². The molecule has 1 fully saturated rings. The largest absolute Gasteiger partial charge is 0.493 e. The summed E-state index contributed by atoms with van der Waals surface area (Å²) in [4.78, 5) is 0. The smallest absolute Gasteiger partial charge is 0.125 e. The third-order valence-electron chi connectivity index (χ3n) is 3.11. The van der Waals surface area contributed by atoms with Crippen molar-refractivity contribution in [2.24, 2.45) is 5.92 Å². The average molecular weight is 236 g/mol. The number of hydrogen-bond acceptors (Lipinski definition) is 3. The molecular formula is C14H20O3. The Balaban J connectivity index is 2.03. The van der Waals surface area contributed by atoms with Crippen LogP contribution in [-0.2, 0) is 4.74 Å². The average Bonchev–Trinajstić information content (AvgIpc) is 2.80. The number of benzene rings is 1. The first-order valence-corrected chi connectivity index (χ1v) is 6.16. The molecule has 0 aromatic heterocycles. The normalized spacial score (nSPS) is 21.5. The highest BCUT2D eigenvalue weighted by molar-refractivity contribution is 5.38. The summed E-state index contributed by atoms with van der Waals surface area (Å²) in [6.45, 7) is 6.07. The number of aliphatic hydroxyl groups is 1. The summed E-state index contributed by atoms with van der Waals surface area (Å²) in [7, 11) is 0. The predicted molar refractivity (Wildman–Crippen MR) is 66.2 cm³/mol. The predicted octanol–water partition coefficient (Wildman–Crippen LogP) is 2.46. The first-order valence-electron chi connectivity index (χ1n) is 6.16. The number of aliphatic hydroxyl groups excluding tert-OH is 1. The fourth-order valence-corrected chi connectivity index (χ4v) is 2.05. The van der Waals surface area contributed by atoms with Gasteiger partial charge in [-0.25, -0.2) is 0 Å². The van der Waals surface area contributed by atoms with E-state index in [1.807, 2.05) is 25.1 Å². The van der Waals surface area contributed by atoms with Crippen LogP contribution in [0.25, 0.3) is 0 Å². The van der Waals surface area contributed by atoms with E-state index in [-0.39, 0.29) is 0 Å². The van der Waals surface area contributed by atoms with Crippen LogP contribution in [0.1, 0.15) is 30.6 Å². The van der Waals surface area contributed by atoms with E-state index in [4.69, 9.17) is 9.47 Å². The van der Waals surface area contributed by atoms with Crippen LogP contribution in [0.4, 0.5) is 0 Å². The van der Waals surface area contributed by atoms with Gasteiger partial charge in [-0.05, 0) is 32.4 Å². The summed E-state index contributed by atoms with van der Waals surface area (Å²) < 4.78 is 11.1. The van der Waals surface area contributed by atoms with Gasteiger partial charge in [0.05, 0.1) is 19.3 Å². The lowest BCUT2D eigenvalue weighted by atomic mass is 10.1. The van der Waals surface area contributed by atoms with Gasteiger partial charge in [0.2, 0.25) is 0 Å². The second kappa shape index (κ2) is 5.52. The highest BCUT2D eigenvalue weighted by atomic mass is 16.5. The fourth-order valence-electron chi connectivity index (χ4n) is 2.05. The molecule has 1 N–H and O–H groups in total. The van der Waals surface area contributed by atoms with Crippen LogP contribution in [0, 0.1) is 12.8 Å². The minimum atomic E-state index is -0.496. The minimum Gasteiger partial charge on any atom is -0.493 e. The van der Waals surface area contributed by atoms with Crippen LogP contribution in [0.5, 0.6) is 5.75 Å². The van der Waals surface area contributed by atoms with E-state index in [2.05, 4.69) is 0 Å². The van der Waals surface area contributed by atoms with E-state index in [1.165, 1.54) is 0 Å². The Labute approximate surface area is 102 Å². The fraction of sp³-hybridized carbons (Fsp3) is 0.571. The third-order valence-corrected chi connectivity index (χ3v) is 3.11. The molecule has 2 rings (SSSR count). The summed E-state index contributed by atoms with van der Waals surface area (Å²) in [5.41, 5.74) is 2.00. The van der Waals surface area contributed by atoms with E-state index in [1.54, 1.807) is 6.92 Å². The van der Waals surface area contributed by atoms with E-state index in [0.29, 0.717) is 12.5 Å². The van der Waals surface area contributed by atoms with Crippen LogP contribution in [0.15, 0.2) is 18.2 Å². The zero-order valence-corrected chi connectivity index (χ0v) is 10.5. The van der Waals surface area contributed by atoms with Gasteiger partial charge >= 0.3 is 0 Å². The third kappa shape index (κ3) is 3.20. The number of ether oxygens (including phenoxy) is 2. The molecule has 94 valence electrons. The lowest BCUT2D eigenvalue weighted by Gasteiger charge is -2.16. The van der Waals surface area contributed by atoms with E-state index in [0.717, 1.165) is 36.5 Å². The Kier molecular flexibility index (Phi) is 4.02. The molecule has 1 aliphatic heterocycles. The molecule has 17 heavy (non-hydrogen) atoms.